The molecule has 1 heterocycles. The Bertz CT molecular complexity index is 750. The fourth-order valence-corrected chi connectivity index (χ4v) is 2.27. The van der Waals surface area contributed by atoms with Gasteiger partial charge in [-0.15, -0.1) is 0 Å². The number of aromatic nitrogens is 2. The number of nitrogens with zero attached hydrogens (tertiary/aromatic N) is 2. The second kappa shape index (κ2) is 4.94. The molecule has 4 nitrogen and oxygen atoms in total. The van der Waals surface area contributed by atoms with Gasteiger partial charge in [-0.2, -0.15) is 0 Å². The van der Waals surface area contributed by atoms with Crippen molar-refractivity contribution in [2.75, 3.05) is 5.73 Å². The number of hydrogen-bond donors (Lipinski definition) is 2. The molecule has 0 saturated carbocycles. The van der Waals surface area contributed by atoms with Crippen molar-refractivity contribution in [3.63, 3.8) is 0 Å². The van der Waals surface area contributed by atoms with Crippen molar-refractivity contribution in [2.45, 2.75) is 13.2 Å². The van der Waals surface area contributed by atoms with Crippen molar-refractivity contribution in [3.8, 4) is 0 Å². The van der Waals surface area contributed by atoms with Crippen LogP contribution >= 0.6 is 0 Å². The van der Waals surface area contributed by atoms with Crippen molar-refractivity contribution in [1.82, 2.24) is 9.55 Å². The van der Waals surface area contributed by atoms with Crippen LogP contribution in [0.4, 0.5) is 10.1 Å². The van der Waals surface area contributed by atoms with Crippen LogP contribution < -0.4 is 5.73 Å². The van der Waals surface area contributed by atoms with Gasteiger partial charge in [-0.05, 0) is 35.9 Å². The van der Waals surface area contributed by atoms with Gasteiger partial charge in [-0.1, -0.05) is 12.1 Å². The normalized spacial score (nSPS) is 11.1. The number of rotatable bonds is 3. The highest BCUT2D eigenvalue weighted by Gasteiger charge is 2.10. The molecule has 102 valence electrons. The van der Waals surface area contributed by atoms with E-state index in [2.05, 4.69) is 4.98 Å². The van der Waals surface area contributed by atoms with Crippen molar-refractivity contribution >= 4 is 16.7 Å². The number of halogens is 1. The SMILES string of the molecule is Nc1ccc2c(c1)nc(CO)n2Cc1ccc(F)cc1. The smallest absolute Gasteiger partial charge is 0.136 e. The second-order valence-electron chi connectivity index (χ2n) is 4.65. The lowest BCUT2D eigenvalue weighted by atomic mass is 10.2. The summed E-state index contributed by atoms with van der Waals surface area (Å²) in [6, 6.07) is 11.7. The number of aliphatic hydroxyl groups is 1. The topological polar surface area (TPSA) is 64.1 Å². The summed E-state index contributed by atoms with van der Waals surface area (Å²) < 4.78 is 14.8. The lowest BCUT2D eigenvalue weighted by Gasteiger charge is -2.08. The van der Waals surface area contributed by atoms with Gasteiger partial charge in [0.05, 0.1) is 11.0 Å². The molecule has 2 aromatic carbocycles. The Labute approximate surface area is 115 Å². The van der Waals surface area contributed by atoms with Crippen LogP contribution in [0.3, 0.4) is 0 Å². The number of hydrogen-bond acceptors (Lipinski definition) is 3. The molecule has 0 bridgehead atoms. The van der Waals surface area contributed by atoms with Gasteiger partial charge in [0.1, 0.15) is 18.2 Å². The van der Waals surface area contributed by atoms with E-state index in [-0.39, 0.29) is 12.4 Å². The number of benzene rings is 2. The number of fused-ring (bicyclic) bond motifs is 1. The Morgan fingerprint density at radius 3 is 2.60 bits per heavy atom. The minimum atomic E-state index is -0.264. The average Bonchev–Trinajstić information content (AvgIpc) is 2.78. The fourth-order valence-electron chi connectivity index (χ4n) is 2.27. The van der Waals surface area contributed by atoms with Gasteiger partial charge in [-0.25, -0.2) is 9.37 Å². The number of anilines is 1. The van der Waals surface area contributed by atoms with Gasteiger partial charge < -0.3 is 15.4 Å². The maximum absolute atomic E-state index is 12.9. The molecular weight excluding hydrogens is 257 g/mol. The van der Waals surface area contributed by atoms with E-state index < -0.39 is 0 Å². The van der Waals surface area contributed by atoms with E-state index in [1.807, 2.05) is 10.6 Å². The highest BCUT2D eigenvalue weighted by atomic mass is 19.1. The van der Waals surface area contributed by atoms with Gasteiger partial charge in [0.15, 0.2) is 0 Å². The summed E-state index contributed by atoms with van der Waals surface area (Å²) in [7, 11) is 0. The van der Waals surface area contributed by atoms with Crippen LogP contribution in [0.5, 0.6) is 0 Å². The molecule has 0 aliphatic heterocycles. The predicted molar refractivity (Wildman–Crippen MR) is 75.6 cm³/mol. The van der Waals surface area contributed by atoms with Gasteiger partial charge in [0.25, 0.3) is 0 Å². The molecule has 0 aliphatic rings. The first-order valence-corrected chi connectivity index (χ1v) is 6.27. The number of nitrogens with two attached hydrogens (primary N) is 1. The minimum absolute atomic E-state index is 0.157. The summed E-state index contributed by atoms with van der Waals surface area (Å²) in [5.74, 6) is 0.300. The molecule has 20 heavy (non-hydrogen) atoms. The Morgan fingerprint density at radius 2 is 1.90 bits per heavy atom. The van der Waals surface area contributed by atoms with Crippen molar-refractivity contribution in [3.05, 3.63) is 59.7 Å². The largest absolute Gasteiger partial charge is 0.399 e. The molecule has 3 aromatic rings. The molecule has 3 N–H and O–H groups in total. The maximum atomic E-state index is 12.9. The van der Waals surface area contributed by atoms with Crippen LogP contribution in [0.15, 0.2) is 42.5 Å². The number of aliphatic hydroxyl groups excluding tert-OH is 1. The van der Waals surface area contributed by atoms with E-state index in [1.54, 1.807) is 24.3 Å². The highest BCUT2D eigenvalue weighted by molar-refractivity contribution is 5.79. The van der Waals surface area contributed by atoms with Gasteiger partial charge in [0.2, 0.25) is 0 Å². The van der Waals surface area contributed by atoms with E-state index in [9.17, 15) is 9.50 Å². The zero-order chi connectivity index (χ0) is 14.1. The summed E-state index contributed by atoms with van der Waals surface area (Å²) in [6.45, 7) is 0.367. The summed E-state index contributed by atoms with van der Waals surface area (Å²) in [5.41, 5.74) is 8.96. The standard InChI is InChI=1S/C15H14FN3O/c16-11-3-1-10(2-4-11)8-19-14-6-5-12(17)7-13(14)18-15(19)9-20/h1-7,20H,8-9,17H2. The lowest BCUT2D eigenvalue weighted by Crippen LogP contribution is -2.05. The lowest BCUT2D eigenvalue weighted by molar-refractivity contribution is 0.267. The summed E-state index contributed by atoms with van der Waals surface area (Å²) in [5, 5.41) is 9.44. The summed E-state index contributed by atoms with van der Waals surface area (Å²) in [4.78, 5) is 4.36. The fraction of sp³-hybridized carbons (Fsp3) is 0.133. The van der Waals surface area contributed by atoms with E-state index in [0.29, 0.717) is 18.1 Å². The Balaban J connectivity index is 2.07. The van der Waals surface area contributed by atoms with Crippen LogP contribution in [0.25, 0.3) is 11.0 Å². The first kappa shape index (κ1) is 12.6. The van der Waals surface area contributed by atoms with Crippen LogP contribution in [0, 0.1) is 5.82 Å². The van der Waals surface area contributed by atoms with Crippen molar-refractivity contribution < 1.29 is 9.50 Å². The molecule has 0 amide bonds. The molecular formula is C15H14FN3O. The number of imidazole rings is 1. The third-order valence-electron chi connectivity index (χ3n) is 3.25. The molecule has 3 rings (SSSR count). The Kier molecular flexibility index (Phi) is 3.12. The van der Waals surface area contributed by atoms with Crippen LogP contribution in [-0.2, 0) is 13.2 Å². The third-order valence-corrected chi connectivity index (χ3v) is 3.25. The second-order valence-corrected chi connectivity index (χ2v) is 4.65. The van der Waals surface area contributed by atoms with E-state index in [1.165, 1.54) is 12.1 Å². The molecule has 0 aliphatic carbocycles. The zero-order valence-electron chi connectivity index (χ0n) is 10.8. The van der Waals surface area contributed by atoms with E-state index >= 15 is 0 Å². The Hall–Kier alpha value is -2.40. The zero-order valence-corrected chi connectivity index (χ0v) is 10.8. The van der Waals surface area contributed by atoms with Crippen LogP contribution in [0.1, 0.15) is 11.4 Å². The molecule has 0 unspecified atom stereocenters. The van der Waals surface area contributed by atoms with Gasteiger partial charge in [0, 0.05) is 12.2 Å². The first-order valence-electron chi connectivity index (χ1n) is 6.27. The van der Waals surface area contributed by atoms with Crippen LogP contribution in [-0.4, -0.2) is 14.7 Å². The first-order chi connectivity index (χ1) is 9.67. The van der Waals surface area contributed by atoms with Crippen molar-refractivity contribution in [1.29, 1.82) is 0 Å². The Morgan fingerprint density at radius 1 is 1.15 bits per heavy atom. The molecule has 5 heteroatoms. The molecule has 1 aromatic heterocycles. The monoisotopic (exact) mass is 271 g/mol. The summed E-state index contributed by atoms with van der Waals surface area (Å²) >= 11 is 0. The molecule has 0 radical (unpaired) electrons. The van der Waals surface area contributed by atoms with Crippen molar-refractivity contribution in [2.24, 2.45) is 0 Å². The van der Waals surface area contributed by atoms with E-state index in [4.69, 9.17) is 5.73 Å². The predicted octanol–water partition coefficient (Wildman–Crippen LogP) is 2.30. The van der Waals surface area contributed by atoms with Gasteiger partial charge in [-0.3, -0.25) is 0 Å². The molecule has 0 spiro atoms. The van der Waals surface area contributed by atoms with Crippen LogP contribution in [0.2, 0.25) is 0 Å². The summed E-state index contributed by atoms with van der Waals surface area (Å²) in [6.07, 6.45) is 0. The molecule has 0 atom stereocenters. The molecule has 0 fully saturated rings. The minimum Gasteiger partial charge on any atom is -0.399 e. The van der Waals surface area contributed by atoms with E-state index in [0.717, 1.165) is 16.6 Å². The third kappa shape index (κ3) is 2.23. The highest BCUT2D eigenvalue weighted by Crippen LogP contribution is 2.20. The molecule has 0 saturated heterocycles. The quantitative estimate of drug-likeness (QED) is 0.718. The van der Waals surface area contributed by atoms with Gasteiger partial charge >= 0.3 is 0 Å². The average molecular weight is 271 g/mol. The number of nitrogen functional groups attached to an aromatic ring is 1. The maximum Gasteiger partial charge on any atom is 0.136 e.